The van der Waals surface area contributed by atoms with Crippen LogP contribution in [0, 0.1) is 0 Å². The third kappa shape index (κ3) is 5.84. The normalized spacial score (nSPS) is 11.4. The molecule has 36 heavy (non-hydrogen) atoms. The average Bonchev–Trinajstić information content (AvgIpc) is 3.49. The Morgan fingerprint density at radius 3 is 2.53 bits per heavy atom. The Labute approximate surface area is 217 Å². The molecule has 1 amide bonds. The number of rotatable bonds is 9. The summed E-state index contributed by atoms with van der Waals surface area (Å²) in [7, 11) is -3.35. The topological polar surface area (TPSA) is 118 Å². The fraction of sp³-hybridized carbons (Fsp3) is 0.160. The number of aliphatic carboxylic acids is 1. The zero-order chi connectivity index (χ0) is 25.9. The lowest BCUT2D eigenvalue weighted by atomic mass is 10.2. The van der Waals surface area contributed by atoms with Crippen molar-refractivity contribution in [3.05, 3.63) is 77.4 Å². The molecular formula is C25H22ClN3O5S2. The largest absolute Gasteiger partial charge is 0.481 e. The first-order valence-corrected chi connectivity index (χ1v) is 14.0. The highest BCUT2D eigenvalue weighted by molar-refractivity contribution is 7.90. The van der Waals surface area contributed by atoms with E-state index in [9.17, 15) is 18.0 Å². The molecule has 0 unspecified atom stereocenters. The van der Waals surface area contributed by atoms with Crippen LogP contribution in [0.15, 0.2) is 71.6 Å². The zero-order valence-electron chi connectivity index (χ0n) is 19.1. The number of halogens is 1. The van der Waals surface area contributed by atoms with E-state index in [1.165, 1.54) is 17.6 Å². The first kappa shape index (κ1) is 25.6. The molecule has 0 saturated heterocycles. The molecule has 0 bridgehead atoms. The van der Waals surface area contributed by atoms with Gasteiger partial charge < -0.3 is 10.4 Å². The molecule has 2 aromatic heterocycles. The maximum atomic E-state index is 12.7. The molecular weight excluding hydrogens is 522 g/mol. The Morgan fingerprint density at radius 2 is 1.81 bits per heavy atom. The summed E-state index contributed by atoms with van der Waals surface area (Å²) in [6.07, 6.45) is 1.43. The molecule has 0 aliphatic carbocycles. The zero-order valence-corrected chi connectivity index (χ0v) is 21.5. The van der Waals surface area contributed by atoms with Gasteiger partial charge in [-0.25, -0.2) is 13.1 Å². The molecule has 0 spiro atoms. The molecule has 186 valence electrons. The number of nitrogens with one attached hydrogen (secondary N) is 1. The number of carbonyl (C=O) groups is 2. The summed E-state index contributed by atoms with van der Waals surface area (Å²) in [6.45, 7) is 0.208. The van der Waals surface area contributed by atoms with E-state index in [2.05, 4.69) is 10.4 Å². The highest BCUT2D eigenvalue weighted by atomic mass is 35.5. The highest BCUT2D eigenvalue weighted by Crippen LogP contribution is 2.37. The molecule has 2 N–H and O–H groups in total. The van der Waals surface area contributed by atoms with E-state index in [0.717, 1.165) is 15.3 Å². The molecule has 4 rings (SSSR count). The van der Waals surface area contributed by atoms with Gasteiger partial charge in [0.05, 0.1) is 26.2 Å². The molecule has 2 heterocycles. The Kier molecular flexibility index (Phi) is 7.58. The van der Waals surface area contributed by atoms with E-state index >= 15 is 0 Å². The molecule has 0 aliphatic heterocycles. The van der Waals surface area contributed by atoms with Gasteiger partial charge in [0.1, 0.15) is 0 Å². The summed E-state index contributed by atoms with van der Waals surface area (Å²) >= 11 is 7.86. The number of aromatic nitrogens is 2. The number of benzene rings is 2. The van der Waals surface area contributed by atoms with Crippen molar-refractivity contribution in [2.45, 2.75) is 17.7 Å². The third-order valence-corrected chi connectivity index (χ3v) is 7.87. The van der Waals surface area contributed by atoms with Crippen LogP contribution in [0.25, 0.3) is 26.7 Å². The number of hydrogen-bond donors (Lipinski definition) is 2. The summed E-state index contributed by atoms with van der Waals surface area (Å²) in [5, 5.41) is 16.4. The van der Waals surface area contributed by atoms with Crippen molar-refractivity contribution in [2.24, 2.45) is 0 Å². The molecule has 0 aliphatic rings. The van der Waals surface area contributed by atoms with Gasteiger partial charge in [0.25, 0.3) is 5.91 Å². The molecule has 2 aromatic carbocycles. The number of carboxylic acid groups (broad SMARTS) is 1. The van der Waals surface area contributed by atoms with Gasteiger partial charge in [-0.15, -0.1) is 11.3 Å². The van der Waals surface area contributed by atoms with Gasteiger partial charge >= 0.3 is 5.97 Å². The second-order valence-corrected chi connectivity index (χ2v) is 11.5. The van der Waals surface area contributed by atoms with Crippen molar-refractivity contribution >= 4 is 44.7 Å². The van der Waals surface area contributed by atoms with Crippen LogP contribution in [0.2, 0.25) is 5.02 Å². The van der Waals surface area contributed by atoms with Crippen LogP contribution in [-0.2, 0) is 14.6 Å². The summed E-state index contributed by atoms with van der Waals surface area (Å²) < 4.78 is 25.6. The molecule has 0 fully saturated rings. The van der Waals surface area contributed by atoms with Gasteiger partial charge in [-0.3, -0.25) is 9.59 Å². The van der Waals surface area contributed by atoms with Crippen molar-refractivity contribution in [1.82, 2.24) is 15.1 Å². The van der Waals surface area contributed by atoms with E-state index in [0.29, 0.717) is 22.8 Å². The summed E-state index contributed by atoms with van der Waals surface area (Å²) in [6, 6.07) is 19.3. The Balaban J connectivity index is 1.71. The number of hydrogen-bond acceptors (Lipinski definition) is 6. The standard InChI is InChI=1S/C25H22ClN3O5S2/c1-36(33,34)17-7-4-6-16(14-17)22-11-12-23(35-22)21-15-19(25(32)27-13-5-10-24(30)31)28-29(21)20-9-3-2-8-18(20)26/h2-4,6-9,11-12,14-15H,5,10,13H2,1H3,(H,27,32)(H,30,31). The second-order valence-electron chi connectivity index (χ2n) is 8.00. The van der Waals surface area contributed by atoms with Gasteiger partial charge in [-0.05, 0) is 54.4 Å². The van der Waals surface area contributed by atoms with Crippen LogP contribution in [0.3, 0.4) is 0 Å². The van der Waals surface area contributed by atoms with Crippen LogP contribution in [0.1, 0.15) is 23.3 Å². The number of para-hydroxylation sites is 1. The van der Waals surface area contributed by atoms with Gasteiger partial charge in [0, 0.05) is 24.1 Å². The Morgan fingerprint density at radius 1 is 1.06 bits per heavy atom. The third-order valence-electron chi connectivity index (χ3n) is 5.28. The molecule has 8 nitrogen and oxygen atoms in total. The molecule has 0 atom stereocenters. The lowest BCUT2D eigenvalue weighted by molar-refractivity contribution is -0.137. The maximum absolute atomic E-state index is 12.7. The minimum Gasteiger partial charge on any atom is -0.481 e. The SMILES string of the molecule is CS(=O)(=O)c1cccc(-c2ccc(-c3cc(C(=O)NCCCC(=O)O)nn3-c3ccccc3Cl)s2)c1. The van der Waals surface area contributed by atoms with Gasteiger partial charge in [-0.1, -0.05) is 35.9 Å². The van der Waals surface area contributed by atoms with E-state index in [1.807, 2.05) is 24.3 Å². The molecule has 0 radical (unpaired) electrons. The Hall–Kier alpha value is -3.47. The predicted molar refractivity (Wildman–Crippen MR) is 140 cm³/mol. The van der Waals surface area contributed by atoms with Crippen LogP contribution < -0.4 is 5.32 Å². The van der Waals surface area contributed by atoms with Gasteiger partial charge in [-0.2, -0.15) is 5.10 Å². The fourth-order valence-corrected chi connectivity index (χ4v) is 5.40. The fourth-order valence-electron chi connectivity index (χ4n) is 3.52. The number of sulfone groups is 1. The smallest absolute Gasteiger partial charge is 0.303 e. The predicted octanol–water partition coefficient (Wildman–Crippen LogP) is 4.92. The van der Waals surface area contributed by atoms with Crippen molar-refractivity contribution in [3.63, 3.8) is 0 Å². The van der Waals surface area contributed by atoms with Crippen LogP contribution in [0.4, 0.5) is 0 Å². The Bertz CT molecular complexity index is 1540. The van der Waals surface area contributed by atoms with Gasteiger partial charge in [0.2, 0.25) is 0 Å². The number of nitrogens with zero attached hydrogens (tertiary/aromatic N) is 2. The van der Waals surface area contributed by atoms with Crippen LogP contribution >= 0.6 is 22.9 Å². The molecule has 11 heteroatoms. The second kappa shape index (κ2) is 10.7. The minimum absolute atomic E-state index is 0.0436. The summed E-state index contributed by atoms with van der Waals surface area (Å²) in [5.74, 6) is -1.35. The van der Waals surface area contributed by atoms with Crippen molar-refractivity contribution in [2.75, 3.05) is 12.8 Å². The van der Waals surface area contributed by atoms with Crippen molar-refractivity contribution < 1.29 is 23.1 Å². The average molecular weight is 544 g/mol. The number of carboxylic acids is 1. The molecule has 0 saturated carbocycles. The first-order chi connectivity index (χ1) is 17.1. The summed E-state index contributed by atoms with van der Waals surface area (Å²) in [4.78, 5) is 25.3. The van der Waals surface area contributed by atoms with Crippen LogP contribution in [-0.4, -0.2) is 48.0 Å². The number of amides is 1. The van der Waals surface area contributed by atoms with E-state index in [1.54, 1.807) is 47.1 Å². The lowest BCUT2D eigenvalue weighted by Crippen LogP contribution is -2.25. The maximum Gasteiger partial charge on any atom is 0.303 e. The quantitative estimate of drug-likeness (QED) is 0.289. The lowest BCUT2D eigenvalue weighted by Gasteiger charge is -2.08. The van der Waals surface area contributed by atoms with Crippen LogP contribution in [0.5, 0.6) is 0 Å². The monoisotopic (exact) mass is 543 g/mol. The van der Waals surface area contributed by atoms with Gasteiger partial charge in [0.15, 0.2) is 15.5 Å². The highest BCUT2D eigenvalue weighted by Gasteiger charge is 2.20. The minimum atomic E-state index is -3.35. The van der Waals surface area contributed by atoms with E-state index < -0.39 is 21.7 Å². The molecule has 4 aromatic rings. The van der Waals surface area contributed by atoms with E-state index in [-0.39, 0.29) is 23.6 Å². The van der Waals surface area contributed by atoms with Crippen molar-refractivity contribution in [3.8, 4) is 26.7 Å². The van der Waals surface area contributed by atoms with Crippen molar-refractivity contribution in [1.29, 1.82) is 0 Å². The number of carbonyl (C=O) groups excluding carboxylic acids is 1. The number of thiophene rings is 1. The first-order valence-electron chi connectivity index (χ1n) is 10.9. The van der Waals surface area contributed by atoms with E-state index in [4.69, 9.17) is 16.7 Å². The summed E-state index contributed by atoms with van der Waals surface area (Å²) in [5.41, 5.74) is 2.14.